The number of anilines is 2. The Balaban J connectivity index is 3.09. The van der Waals surface area contributed by atoms with Crippen LogP contribution in [0.15, 0.2) is 4.79 Å². The van der Waals surface area contributed by atoms with E-state index in [-0.39, 0.29) is 18.1 Å². The zero-order valence-electron chi connectivity index (χ0n) is 7.50. The highest BCUT2D eigenvalue weighted by atomic mass is 16.3. The van der Waals surface area contributed by atoms with Crippen molar-refractivity contribution in [1.82, 2.24) is 9.97 Å². The molecule has 0 bridgehead atoms. The van der Waals surface area contributed by atoms with Crippen LogP contribution in [-0.2, 0) is 4.79 Å². The van der Waals surface area contributed by atoms with Crippen LogP contribution in [-0.4, -0.2) is 21.0 Å². The van der Waals surface area contributed by atoms with Gasteiger partial charge in [-0.2, -0.15) is 4.98 Å². The number of aromatic nitrogens is 2. The standard InChI is InChI=1S/C7H10N4O3/c1-2-3(12)9-4-5(13)10-7(8)11-6(4)14/h2H2,1H3,(H,9,12)(H4,8,10,11,13,14). The molecule has 7 nitrogen and oxygen atoms in total. The van der Waals surface area contributed by atoms with E-state index in [0.717, 1.165) is 0 Å². The first-order chi connectivity index (χ1) is 6.54. The summed E-state index contributed by atoms with van der Waals surface area (Å²) in [6.07, 6.45) is 0.198. The van der Waals surface area contributed by atoms with Crippen molar-refractivity contribution in [3.8, 4) is 5.88 Å². The Hall–Kier alpha value is -2.05. The number of aromatic hydroxyl groups is 1. The molecule has 0 unspecified atom stereocenters. The molecule has 1 aromatic heterocycles. The lowest BCUT2D eigenvalue weighted by Crippen LogP contribution is -2.20. The fraction of sp³-hybridized carbons (Fsp3) is 0.286. The second-order valence-electron chi connectivity index (χ2n) is 2.55. The van der Waals surface area contributed by atoms with Crippen LogP contribution in [0.5, 0.6) is 5.88 Å². The van der Waals surface area contributed by atoms with Gasteiger partial charge in [-0.1, -0.05) is 6.92 Å². The fourth-order valence-electron chi connectivity index (χ4n) is 0.819. The summed E-state index contributed by atoms with van der Waals surface area (Å²) < 4.78 is 0. The molecule has 14 heavy (non-hydrogen) atoms. The quantitative estimate of drug-likeness (QED) is 0.506. The van der Waals surface area contributed by atoms with E-state index in [9.17, 15) is 14.7 Å². The number of H-pyrrole nitrogens is 1. The molecule has 0 radical (unpaired) electrons. The minimum absolute atomic E-state index is 0.198. The first kappa shape index (κ1) is 10.0. The minimum Gasteiger partial charge on any atom is -0.492 e. The number of nitrogens with one attached hydrogen (secondary N) is 2. The lowest BCUT2D eigenvalue weighted by atomic mass is 10.4. The summed E-state index contributed by atoms with van der Waals surface area (Å²) in [4.78, 5) is 27.6. The highest BCUT2D eigenvalue weighted by Gasteiger charge is 2.11. The normalized spacial score (nSPS) is 9.79. The molecular weight excluding hydrogens is 188 g/mol. The van der Waals surface area contributed by atoms with E-state index in [4.69, 9.17) is 5.73 Å². The van der Waals surface area contributed by atoms with Gasteiger partial charge in [0.1, 0.15) is 0 Å². The molecule has 0 aliphatic rings. The molecule has 0 saturated heterocycles. The molecule has 7 heteroatoms. The Labute approximate surface area is 79.0 Å². The second-order valence-corrected chi connectivity index (χ2v) is 2.55. The lowest BCUT2D eigenvalue weighted by molar-refractivity contribution is -0.115. The van der Waals surface area contributed by atoms with Gasteiger partial charge < -0.3 is 16.2 Å². The van der Waals surface area contributed by atoms with Crippen LogP contribution in [0.2, 0.25) is 0 Å². The van der Waals surface area contributed by atoms with Gasteiger partial charge in [0.05, 0.1) is 0 Å². The van der Waals surface area contributed by atoms with Crippen LogP contribution in [0.1, 0.15) is 13.3 Å². The molecule has 0 saturated carbocycles. The monoisotopic (exact) mass is 198 g/mol. The number of carbonyl (C=O) groups excluding carboxylic acids is 1. The fourth-order valence-corrected chi connectivity index (χ4v) is 0.819. The summed E-state index contributed by atoms with van der Waals surface area (Å²) in [5.41, 5.74) is 4.18. The van der Waals surface area contributed by atoms with Crippen molar-refractivity contribution < 1.29 is 9.90 Å². The first-order valence-electron chi connectivity index (χ1n) is 3.93. The summed E-state index contributed by atoms with van der Waals surface area (Å²) in [7, 11) is 0. The Bertz CT molecular complexity index is 412. The van der Waals surface area contributed by atoms with Gasteiger partial charge in [-0.15, -0.1) is 0 Å². The van der Waals surface area contributed by atoms with E-state index in [0.29, 0.717) is 0 Å². The number of aromatic amines is 1. The van der Waals surface area contributed by atoms with Crippen LogP contribution in [0.3, 0.4) is 0 Å². The van der Waals surface area contributed by atoms with Crippen LogP contribution in [0.4, 0.5) is 11.6 Å². The van der Waals surface area contributed by atoms with E-state index in [2.05, 4.69) is 15.3 Å². The van der Waals surface area contributed by atoms with Crippen molar-refractivity contribution in [2.45, 2.75) is 13.3 Å². The summed E-state index contributed by atoms with van der Waals surface area (Å²) in [6.45, 7) is 1.62. The summed E-state index contributed by atoms with van der Waals surface area (Å²) in [5.74, 6) is -1.19. The third-order valence-electron chi connectivity index (χ3n) is 1.50. The SMILES string of the molecule is CCC(=O)Nc1c(O)nc(N)[nH]c1=O. The number of nitrogens with zero attached hydrogens (tertiary/aromatic N) is 1. The third kappa shape index (κ3) is 2.00. The maximum atomic E-state index is 11.2. The van der Waals surface area contributed by atoms with E-state index >= 15 is 0 Å². The number of hydrogen-bond donors (Lipinski definition) is 4. The molecule has 1 rings (SSSR count). The van der Waals surface area contributed by atoms with Crippen LogP contribution >= 0.6 is 0 Å². The summed E-state index contributed by atoms with van der Waals surface area (Å²) in [6, 6.07) is 0. The Morgan fingerprint density at radius 1 is 1.71 bits per heavy atom. The Morgan fingerprint density at radius 2 is 2.36 bits per heavy atom. The molecule has 1 heterocycles. The molecule has 0 aliphatic heterocycles. The molecule has 0 atom stereocenters. The Morgan fingerprint density at radius 3 is 2.86 bits per heavy atom. The first-order valence-corrected chi connectivity index (χ1v) is 3.93. The predicted octanol–water partition coefficient (Wildman–Crippen LogP) is -0.594. The highest BCUT2D eigenvalue weighted by Crippen LogP contribution is 2.14. The topological polar surface area (TPSA) is 121 Å². The van der Waals surface area contributed by atoms with Crippen molar-refractivity contribution in [3.05, 3.63) is 10.4 Å². The molecule has 0 fully saturated rings. The average molecular weight is 198 g/mol. The average Bonchev–Trinajstić information content (AvgIpc) is 2.10. The molecule has 76 valence electrons. The number of hydrogen-bond acceptors (Lipinski definition) is 5. The molecule has 5 N–H and O–H groups in total. The van der Waals surface area contributed by atoms with Gasteiger partial charge in [-0.3, -0.25) is 14.6 Å². The molecular formula is C7H10N4O3. The van der Waals surface area contributed by atoms with Crippen LogP contribution in [0.25, 0.3) is 0 Å². The number of carbonyl (C=O) groups is 1. The van der Waals surface area contributed by atoms with Crippen molar-refractivity contribution >= 4 is 17.5 Å². The van der Waals surface area contributed by atoms with Gasteiger partial charge in [-0.25, -0.2) is 0 Å². The molecule has 0 aromatic carbocycles. The summed E-state index contributed by atoms with van der Waals surface area (Å²) in [5, 5.41) is 11.4. The zero-order chi connectivity index (χ0) is 10.7. The van der Waals surface area contributed by atoms with Crippen molar-refractivity contribution in [2.24, 2.45) is 0 Å². The number of rotatable bonds is 2. The smallest absolute Gasteiger partial charge is 0.280 e. The van der Waals surface area contributed by atoms with Gasteiger partial charge in [0.2, 0.25) is 17.7 Å². The van der Waals surface area contributed by atoms with Crippen molar-refractivity contribution in [3.63, 3.8) is 0 Å². The van der Waals surface area contributed by atoms with Gasteiger partial charge in [0.15, 0.2) is 5.69 Å². The highest BCUT2D eigenvalue weighted by molar-refractivity contribution is 5.91. The number of amides is 1. The minimum atomic E-state index is -0.684. The maximum absolute atomic E-state index is 11.2. The van der Waals surface area contributed by atoms with Gasteiger partial charge in [0.25, 0.3) is 5.56 Å². The second kappa shape index (κ2) is 3.77. The molecule has 0 aliphatic carbocycles. The molecule has 0 spiro atoms. The molecule has 1 amide bonds. The van der Waals surface area contributed by atoms with E-state index in [1.54, 1.807) is 6.92 Å². The van der Waals surface area contributed by atoms with E-state index in [1.807, 2.05) is 0 Å². The third-order valence-corrected chi connectivity index (χ3v) is 1.50. The van der Waals surface area contributed by atoms with E-state index < -0.39 is 17.3 Å². The van der Waals surface area contributed by atoms with Crippen molar-refractivity contribution in [1.29, 1.82) is 0 Å². The van der Waals surface area contributed by atoms with Crippen LogP contribution < -0.4 is 16.6 Å². The largest absolute Gasteiger partial charge is 0.492 e. The van der Waals surface area contributed by atoms with Crippen LogP contribution in [0, 0.1) is 0 Å². The lowest BCUT2D eigenvalue weighted by Gasteiger charge is -2.03. The molecule has 1 aromatic rings. The zero-order valence-corrected chi connectivity index (χ0v) is 7.50. The number of nitrogens with two attached hydrogens (primary N) is 1. The number of nitrogen functional groups attached to an aromatic ring is 1. The maximum Gasteiger partial charge on any atom is 0.280 e. The predicted molar refractivity (Wildman–Crippen MR) is 49.9 cm³/mol. The van der Waals surface area contributed by atoms with E-state index in [1.165, 1.54) is 0 Å². The van der Waals surface area contributed by atoms with Crippen molar-refractivity contribution in [2.75, 3.05) is 11.1 Å². The van der Waals surface area contributed by atoms with Gasteiger partial charge in [-0.05, 0) is 0 Å². The van der Waals surface area contributed by atoms with Gasteiger partial charge in [0, 0.05) is 6.42 Å². The van der Waals surface area contributed by atoms with Gasteiger partial charge >= 0.3 is 0 Å². The Kier molecular flexibility index (Phi) is 2.70. The summed E-state index contributed by atoms with van der Waals surface area (Å²) >= 11 is 0.